The van der Waals surface area contributed by atoms with E-state index < -0.39 is 23.5 Å². The Labute approximate surface area is 137 Å². The van der Waals surface area contributed by atoms with Crippen LogP contribution in [-0.4, -0.2) is 6.61 Å². The van der Waals surface area contributed by atoms with E-state index in [2.05, 4.69) is 0 Å². The molecule has 0 unspecified atom stereocenters. The number of ether oxygens (including phenoxy) is 1. The van der Waals surface area contributed by atoms with Gasteiger partial charge in [-0.15, -0.1) is 0 Å². The van der Waals surface area contributed by atoms with Crippen LogP contribution < -0.4 is 0 Å². The second-order valence-electron chi connectivity index (χ2n) is 5.98. The van der Waals surface area contributed by atoms with Crippen LogP contribution in [0.3, 0.4) is 0 Å². The van der Waals surface area contributed by atoms with Gasteiger partial charge in [-0.1, -0.05) is 12.1 Å². The number of epoxide rings is 1. The number of alkyl halides is 6. The number of hydrogen-bond donors (Lipinski definition) is 0. The Bertz CT molecular complexity index is 983. The number of fused-ring (bicyclic) bond motifs is 3. The molecule has 130 valence electrons. The molecular formula is C18H10F6O. The summed E-state index contributed by atoms with van der Waals surface area (Å²) < 4.78 is 83.4. The minimum Gasteiger partial charge on any atom is -0.368 e. The second kappa shape index (κ2) is 5.11. The molecule has 0 aromatic heterocycles. The van der Waals surface area contributed by atoms with Crippen molar-refractivity contribution in [3.8, 4) is 0 Å². The topological polar surface area (TPSA) is 12.5 Å². The predicted molar refractivity (Wildman–Crippen MR) is 80.2 cm³/mol. The summed E-state index contributed by atoms with van der Waals surface area (Å²) in [5.41, 5.74) is -1.10. The molecule has 1 aliphatic heterocycles. The fourth-order valence-electron chi connectivity index (χ4n) is 3.03. The lowest BCUT2D eigenvalue weighted by Crippen LogP contribution is -2.06. The van der Waals surface area contributed by atoms with E-state index >= 15 is 0 Å². The molecular weight excluding hydrogens is 346 g/mol. The first-order valence-corrected chi connectivity index (χ1v) is 7.41. The predicted octanol–water partition coefficient (Wildman–Crippen LogP) is 6.10. The zero-order valence-electron chi connectivity index (χ0n) is 12.5. The minimum atomic E-state index is -4.58. The SMILES string of the molecule is FC(F)(F)c1ccc2cc([C@H]3CO3)c3ccc(C(F)(F)F)cc3c2c1. The molecule has 1 fully saturated rings. The Balaban J connectivity index is 2.08. The first-order chi connectivity index (χ1) is 11.6. The normalized spacial score (nSPS) is 18.1. The number of halogens is 6. The van der Waals surface area contributed by atoms with Crippen molar-refractivity contribution >= 4 is 21.5 Å². The van der Waals surface area contributed by atoms with E-state index in [0.717, 1.165) is 24.3 Å². The standard InChI is InChI=1S/C18H10F6O/c19-17(20,21)10-2-1-9-5-15(16-8-25-16)12-4-3-11(18(22,23)24)7-14(12)13(9)6-10/h1-7,16H,8H2/t16-/m1/s1. The van der Waals surface area contributed by atoms with Gasteiger partial charge in [0.05, 0.1) is 17.7 Å². The van der Waals surface area contributed by atoms with Crippen molar-refractivity contribution in [2.24, 2.45) is 0 Å². The molecule has 3 aromatic carbocycles. The Hall–Kier alpha value is -2.28. The van der Waals surface area contributed by atoms with E-state index in [9.17, 15) is 26.3 Å². The molecule has 0 amide bonds. The molecule has 3 aromatic rings. The maximum absolute atomic E-state index is 13.1. The van der Waals surface area contributed by atoms with E-state index in [1.165, 1.54) is 12.1 Å². The quantitative estimate of drug-likeness (QED) is 0.291. The van der Waals surface area contributed by atoms with Gasteiger partial charge < -0.3 is 4.74 Å². The first kappa shape index (κ1) is 16.2. The van der Waals surface area contributed by atoms with Crippen LogP contribution >= 0.6 is 0 Å². The van der Waals surface area contributed by atoms with Gasteiger partial charge in [0.2, 0.25) is 0 Å². The van der Waals surface area contributed by atoms with Crippen LogP contribution in [0, 0.1) is 0 Å². The Kier molecular flexibility index (Phi) is 3.31. The largest absolute Gasteiger partial charge is 0.416 e. The van der Waals surface area contributed by atoms with Gasteiger partial charge in [0.15, 0.2) is 0 Å². The molecule has 0 aliphatic carbocycles. The highest BCUT2D eigenvalue weighted by Gasteiger charge is 2.34. The summed E-state index contributed by atoms with van der Waals surface area (Å²) in [5.74, 6) is 0. The van der Waals surface area contributed by atoms with Gasteiger partial charge in [0.25, 0.3) is 0 Å². The monoisotopic (exact) mass is 356 g/mol. The molecule has 0 saturated carbocycles. The molecule has 1 heterocycles. The molecule has 1 saturated heterocycles. The highest BCUT2D eigenvalue weighted by molar-refractivity contribution is 6.09. The van der Waals surface area contributed by atoms with E-state index in [4.69, 9.17) is 4.74 Å². The summed E-state index contributed by atoms with van der Waals surface area (Å²) in [5, 5.41) is 1.21. The minimum absolute atomic E-state index is 0.139. The van der Waals surface area contributed by atoms with Gasteiger partial charge in [-0.25, -0.2) is 0 Å². The molecule has 25 heavy (non-hydrogen) atoms. The Morgan fingerprint density at radius 2 is 1.28 bits per heavy atom. The molecule has 0 radical (unpaired) electrons. The first-order valence-electron chi connectivity index (χ1n) is 7.41. The third-order valence-corrected chi connectivity index (χ3v) is 4.32. The lowest BCUT2D eigenvalue weighted by Gasteiger charge is -2.14. The van der Waals surface area contributed by atoms with Gasteiger partial charge in [0, 0.05) is 0 Å². The van der Waals surface area contributed by atoms with Gasteiger partial charge in [-0.2, -0.15) is 26.3 Å². The second-order valence-corrected chi connectivity index (χ2v) is 5.98. The van der Waals surface area contributed by atoms with Crippen molar-refractivity contribution in [3.05, 3.63) is 59.2 Å². The van der Waals surface area contributed by atoms with Crippen molar-refractivity contribution in [3.63, 3.8) is 0 Å². The molecule has 1 nitrogen and oxygen atoms in total. The molecule has 0 bridgehead atoms. The van der Waals surface area contributed by atoms with Crippen LogP contribution in [0.4, 0.5) is 26.3 Å². The van der Waals surface area contributed by atoms with Crippen LogP contribution in [0.2, 0.25) is 0 Å². The average molecular weight is 356 g/mol. The van der Waals surface area contributed by atoms with Crippen molar-refractivity contribution < 1.29 is 31.1 Å². The maximum Gasteiger partial charge on any atom is 0.416 e. The Morgan fingerprint density at radius 1 is 0.720 bits per heavy atom. The lowest BCUT2D eigenvalue weighted by molar-refractivity contribution is -0.138. The van der Waals surface area contributed by atoms with E-state index in [-0.39, 0.29) is 16.9 Å². The fraction of sp³-hybridized carbons (Fsp3) is 0.222. The smallest absolute Gasteiger partial charge is 0.368 e. The average Bonchev–Trinajstić information content (AvgIpc) is 3.36. The van der Waals surface area contributed by atoms with Crippen molar-refractivity contribution in [1.82, 2.24) is 0 Å². The van der Waals surface area contributed by atoms with Gasteiger partial charge >= 0.3 is 12.4 Å². The van der Waals surface area contributed by atoms with Crippen LogP contribution in [0.25, 0.3) is 21.5 Å². The highest BCUT2D eigenvalue weighted by atomic mass is 19.4. The number of benzene rings is 3. The van der Waals surface area contributed by atoms with E-state index in [1.54, 1.807) is 6.07 Å². The zero-order chi connectivity index (χ0) is 18.0. The third-order valence-electron chi connectivity index (χ3n) is 4.32. The van der Waals surface area contributed by atoms with Crippen LogP contribution in [0.1, 0.15) is 22.8 Å². The molecule has 1 aliphatic rings. The summed E-state index contributed by atoms with van der Waals surface area (Å²) >= 11 is 0. The summed E-state index contributed by atoms with van der Waals surface area (Å²) in [6.07, 6.45) is -9.37. The van der Waals surface area contributed by atoms with Crippen LogP contribution in [0.15, 0.2) is 42.5 Å². The number of rotatable bonds is 1. The fourth-order valence-corrected chi connectivity index (χ4v) is 3.03. The van der Waals surface area contributed by atoms with E-state index in [1.807, 2.05) is 0 Å². The van der Waals surface area contributed by atoms with Crippen molar-refractivity contribution in [1.29, 1.82) is 0 Å². The zero-order valence-corrected chi connectivity index (χ0v) is 12.5. The van der Waals surface area contributed by atoms with Crippen LogP contribution in [-0.2, 0) is 17.1 Å². The summed E-state index contributed by atoms with van der Waals surface area (Å²) in [7, 11) is 0. The molecule has 0 N–H and O–H groups in total. The maximum atomic E-state index is 13.1. The molecule has 7 heteroatoms. The Morgan fingerprint density at radius 3 is 1.84 bits per heavy atom. The number of hydrogen-bond acceptors (Lipinski definition) is 1. The third kappa shape index (κ3) is 2.82. The van der Waals surface area contributed by atoms with Gasteiger partial charge in [0.1, 0.15) is 6.10 Å². The van der Waals surface area contributed by atoms with E-state index in [0.29, 0.717) is 22.9 Å². The summed E-state index contributed by atoms with van der Waals surface area (Å²) in [6.45, 7) is 0.447. The summed E-state index contributed by atoms with van der Waals surface area (Å²) in [6, 6.07) is 7.94. The molecule has 0 spiro atoms. The van der Waals surface area contributed by atoms with Gasteiger partial charge in [-0.05, 0) is 57.4 Å². The molecule has 4 rings (SSSR count). The van der Waals surface area contributed by atoms with Crippen LogP contribution in [0.5, 0.6) is 0 Å². The lowest BCUT2D eigenvalue weighted by atomic mass is 9.93. The van der Waals surface area contributed by atoms with Crippen molar-refractivity contribution in [2.45, 2.75) is 18.5 Å². The summed E-state index contributed by atoms with van der Waals surface area (Å²) in [4.78, 5) is 0. The molecule has 1 atom stereocenters. The van der Waals surface area contributed by atoms with Crippen molar-refractivity contribution in [2.75, 3.05) is 6.61 Å². The van der Waals surface area contributed by atoms with Gasteiger partial charge in [-0.3, -0.25) is 0 Å². The highest BCUT2D eigenvalue weighted by Crippen LogP contribution is 2.42.